The minimum absolute atomic E-state index is 0.0809. The lowest BCUT2D eigenvalue weighted by atomic mass is 9.70. The van der Waals surface area contributed by atoms with Gasteiger partial charge in [0.15, 0.2) is 0 Å². The van der Waals surface area contributed by atoms with Crippen LogP contribution in [0.3, 0.4) is 0 Å². The molecule has 3 nitrogen and oxygen atoms in total. The molecule has 1 saturated heterocycles. The van der Waals surface area contributed by atoms with E-state index >= 15 is 0 Å². The van der Waals surface area contributed by atoms with Gasteiger partial charge < -0.3 is 0 Å². The van der Waals surface area contributed by atoms with Gasteiger partial charge in [-0.05, 0) is 48.8 Å². The smallest absolute Gasteiger partial charge is 0.234 e. The summed E-state index contributed by atoms with van der Waals surface area (Å²) in [5.74, 6) is -0.0996. The van der Waals surface area contributed by atoms with E-state index in [1.165, 1.54) is 0 Å². The lowest BCUT2D eigenvalue weighted by molar-refractivity contribution is -0.137. The van der Waals surface area contributed by atoms with Crippen LogP contribution < -0.4 is 5.32 Å². The molecule has 0 saturated carbocycles. The molecule has 0 bridgehead atoms. The van der Waals surface area contributed by atoms with E-state index in [9.17, 15) is 9.59 Å². The zero-order valence-corrected chi connectivity index (χ0v) is 12.5. The first-order valence-electron chi connectivity index (χ1n) is 7.39. The van der Waals surface area contributed by atoms with E-state index in [4.69, 9.17) is 11.6 Å². The molecule has 1 aromatic rings. The van der Waals surface area contributed by atoms with Gasteiger partial charge in [0.1, 0.15) is 0 Å². The van der Waals surface area contributed by atoms with Crippen molar-refractivity contribution < 1.29 is 9.59 Å². The molecule has 21 heavy (non-hydrogen) atoms. The topological polar surface area (TPSA) is 46.2 Å². The van der Waals surface area contributed by atoms with Crippen molar-refractivity contribution in [3.63, 3.8) is 0 Å². The highest BCUT2D eigenvalue weighted by Gasteiger charge is 2.40. The number of allylic oxidation sites excluding steroid dienone is 2. The van der Waals surface area contributed by atoms with Gasteiger partial charge in [0.2, 0.25) is 11.8 Å². The third kappa shape index (κ3) is 3.03. The molecular formula is C17H18ClNO2. The highest BCUT2D eigenvalue weighted by atomic mass is 35.5. The Morgan fingerprint density at radius 1 is 1.10 bits per heavy atom. The largest absolute Gasteiger partial charge is 0.296 e. The normalized spacial score (nSPS) is 29.3. The van der Waals surface area contributed by atoms with E-state index in [1.54, 1.807) is 12.1 Å². The molecule has 2 aliphatic rings. The summed E-state index contributed by atoms with van der Waals surface area (Å²) in [6, 6.07) is 7.40. The quantitative estimate of drug-likeness (QED) is 0.672. The molecule has 0 spiro atoms. The summed E-state index contributed by atoms with van der Waals surface area (Å²) >= 11 is 5.93. The summed E-state index contributed by atoms with van der Waals surface area (Å²) in [6.07, 6.45) is 7.81. The van der Waals surface area contributed by atoms with E-state index in [0.717, 1.165) is 24.8 Å². The monoisotopic (exact) mass is 303 g/mol. The van der Waals surface area contributed by atoms with Gasteiger partial charge in [0.05, 0.1) is 5.92 Å². The minimum atomic E-state index is -0.253. The van der Waals surface area contributed by atoms with Gasteiger partial charge in [-0.1, -0.05) is 35.9 Å². The van der Waals surface area contributed by atoms with Crippen molar-refractivity contribution in [2.24, 2.45) is 11.8 Å². The maximum atomic E-state index is 12.4. The van der Waals surface area contributed by atoms with Gasteiger partial charge in [-0.25, -0.2) is 0 Å². The van der Waals surface area contributed by atoms with Crippen molar-refractivity contribution in [1.82, 2.24) is 5.32 Å². The van der Waals surface area contributed by atoms with Crippen LogP contribution in [0.5, 0.6) is 0 Å². The second-order valence-corrected chi connectivity index (χ2v) is 6.29. The Bertz CT molecular complexity index is 579. The lowest BCUT2D eigenvalue weighted by Crippen LogP contribution is -2.46. The van der Waals surface area contributed by atoms with Crippen molar-refractivity contribution in [1.29, 1.82) is 0 Å². The molecule has 0 radical (unpaired) electrons. The summed E-state index contributed by atoms with van der Waals surface area (Å²) in [5, 5.41) is 3.14. The molecule has 1 aliphatic carbocycles. The maximum Gasteiger partial charge on any atom is 0.234 e. The average molecular weight is 304 g/mol. The van der Waals surface area contributed by atoms with E-state index in [1.807, 2.05) is 12.1 Å². The highest BCUT2D eigenvalue weighted by molar-refractivity contribution is 6.30. The van der Waals surface area contributed by atoms with Gasteiger partial charge in [-0.3, -0.25) is 14.9 Å². The van der Waals surface area contributed by atoms with E-state index in [-0.39, 0.29) is 23.7 Å². The molecule has 2 amide bonds. The van der Waals surface area contributed by atoms with Gasteiger partial charge in [0, 0.05) is 11.4 Å². The van der Waals surface area contributed by atoms with Gasteiger partial charge in [-0.2, -0.15) is 0 Å². The summed E-state index contributed by atoms with van der Waals surface area (Å²) < 4.78 is 0. The number of hydrogen-bond donors (Lipinski definition) is 1. The van der Waals surface area contributed by atoms with Crippen molar-refractivity contribution in [2.75, 3.05) is 0 Å². The average Bonchev–Trinajstić information content (AvgIpc) is 2.49. The van der Waals surface area contributed by atoms with E-state index < -0.39 is 0 Å². The minimum Gasteiger partial charge on any atom is -0.296 e. The first-order chi connectivity index (χ1) is 10.1. The van der Waals surface area contributed by atoms with Crippen LogP contribution in [-0.2, 0) is 9.59 Å². The Labute approximate surface area is 129 Å². The predicted octanol–water partition coefficient (Wildman–Crippen LogP) is 3.44. The van der Waals surface area contributed by atoms with E-state index in [0.29, 0.717) is 17.4 Å². The molecule has 1 N–H and O–H groups in total. The van der Waals surface area contributed by atoms with Crippen LogP contribution in [0.2, 0.25) is 5.02 Å². The second-order valence-electron chi connectivity index (χ2n) is 5.85. The fourth-order valence-corrected chi connectivity index (χ4v) is 3.63. The Morgan fingerprint density at radius 2 is 1.86 bits per heavy atom. The van der Waals surface area contributed by atoms with Crippen molar-refractivity contribution in [3.05, 3.63) is 47.0 Å². The first kappa shape index (κ1) is 14.3. The fraction of sp³-hybridized carbons (Fsp3) is 0.412. The third-order valence-corrected chi connectivity index (χ3v) is 4.79. The van der Waals surface area contributed by atoms with Crippen LogP contribution in [0, 0.1) is 11.8 Å². The first-order valence-corrected chi connectivity index (χ1v) is 7.77. The molecule has 3 atom stereocenters. The summed E-state index contributed by atoms with van der Waals surface area (Å²) in [5.41, 5.74) is 0.948. The number of carbonyl (C=O) groups is 2. The Kier molecular flexibility index (Phi) is 4.11. The van der Waals surface area contributed by atoms with Crippen molar-refractivity contribution in [3.8, 4) is 0 Å². The third-order valence-electron chi connectivity index (χ3n) is 4.54. The molecule has 3 rings (SSSR count). The number of nitrogens with one attached hydrogen (secondary N) is 1. The zero-order chi connectivity index (χ0) is 14.8. The SMILES string of the molecule is O=C1CC(C2CC=CCC2)C(c2ccc(Cl)cc2)C(=O)N1. The van der Waals surface area contributed by atoms with Crippen LogP contribution in [0.1, 0.15) is 37.2 Å². The maximum absolute atomic E-state index is 12.4. The number of rotatable bonds is 2. The Hall–Kier alpha value is -1.61. The number of imide groups is 1. The van der Waals surface area contributed by atoms with Gasteiger partial charge >= 0.3 is 0 Å². The lowest BCUT2D eigenvalue weighted by Gasteiger charge is -2.36. The molecule has 1 aromatic carbocycles. The van der Waals surface area contributed by atoms with Gasteiger partial charge in [0.25, 0.3) is 0 Å². The number of hydrogen-bond acceptors (Lipinski definition) is 2. The second kappa shape index (κ2) is 6.02. The number of benzene rings is 1. The van der Waals surface area contributed by atoms with Crippen LogP contribution in [0.25, 0.3) is 0 Å². The number of piperidine rings is 1. The molecule has 4 heteroatoms. The molecule has 1 fully saturated rings. The molecule has 0 aromatic heterocycles. The van der Waals surface area contributed by atoms with Crippen LogP contribution >= 0.6 is 11.6 Å². The Balaban J connectivity index is 1.92. The van der Waals surface area contributed by atoms with Crippen LogP contribution in [0.4, 0.5) is 0 Å². The summed E-state index contributed by atoms with van der Waals surface area (Å²) in [7, 11) is 0. The summed E-state index contributed by atoms with van der Waals surface area (Å²) in [4.78, 5) is 24.1. The standard InChI is InChI=1S/C17H18ClNO2/c18-13-8-6-12(7-9-13)16-14(10-15(20)19-17(16)21)11-4-2-1-3-5-11/h1-2,6-9,11,14,16H,3-5,10H2,(H,19,20,21). The molecule has 1 heterocycles. The van der Waals surface area contributed by atoms with Crippen LogP contribution in [0.15, 0.2) is 36.4 Å². The van der Waals surface area contributed by atoms with Crippen molar-refractivity contribution >= 4 is 23.4 Å². The molecule has 3 unspecified atom stereocenters. The molecule has 1 aliphatic heterocycles. The number of amides is 2. The van der Waals surface area contributed by atoms with Gasteiger partial charge in [-0.15, -0.1) is 0 Å². The number of halogens is 1. The van der Waals surface area contributed by atoms with Crippen molar-refractivity contribution in [2.45, 2.75) is 31.6 Å². The zero-order valence-electron chi connectivity index (χ0n) is 11.7. The summed E-state index contributed by atoms with van der Waals surface area (Å²) in [6.45, 7) is 0. The molecular weight excluding hydrogens is 286 g/mol. The Morgan fingerprint density at radius 3 is 2.52 bits per heavy atom. The van der Waals surface area contributed by atoms with Crippen LogP contribution in [-0.4, -0.2) is 11.8 Å². The van der Waals surface area contributed by atoms with E-state index in [2.05, 4.69) is 17.5 Å². The predicted molar refractivity (Wildman–Crippen MR) is 81.9 cm³/mol. The fourth-order valence-electron chi connectivity index (χ4n) is 3.51. The number of carbonyl (C=O) groups excluding carboxylic acids is 2. The highest BCUT2D eigenvalue weighted by Crippen LogP contribution is 2.40. The molecule has 110 valence electrons.